The van der Waals surface area contributed by atoms with Crippen molar-refractivity contribution in [2.45, 2.75) is 44.9 Å². The number of anilines is 2. The van der Waals surface area contributed by atoms with E-state index in [2.05, 4.69) is 41.3 Å². The number of rotatable bonds is 9. The summed E-state index contributed by atoms with van der Waals surface area (Å²) in [6.07, 6.45) is 1.42. The largest absolute Gasteiger partial charge is 0.491 e. The SMILES string of the molecule is CNCC(O)COc1cccc(-c2nc(N(C)C3CCOCC3)c(C)c(N3CCNC[C@@H]3C)n2)c1. The van der Waals surface area contributed by atoms with E-state index in [4.69, 9.17) is 19.4 Å². The van der Waals surface area contributed by atoms with Crippen LogP contribution in [0.4, 0.5) is 11.6 Å². The van der Waals surface area contributed by atoms with Crippen molar-refractivity contribution in [2.24, 2.45) is 0 Å². The maximum absolute atomic E-state index is 10.0. The lowest BCUT2D eigenvalue weighted by Gasteiger charge is -2.38. The second-order valence-corrected chi connectivity index (χ2v) is 9.57. The Morgan fingerprint density at radius 3 is 2.86 bits per heavy atom. The third kappa shape index (κ3) is 6.22. The van der Waals surface area contributed by atoms with Gasteiger partial charge in [-0.3, -0.25) is 0 Å². The first-order valence-corrected chi connectivity index (χ1v) is 12.7. The molecule has 0 bridgehead atoms. The lowest BCUT2D eigenvalue weighted by Crippen LogP contribution is -2.50. The van der Waals surface area contributed by atoms with Crippen molar-refractivity contribution in [2.75, 3.05) is 69.9 Å². The highest BCUT2D eigenvalue weighted by molar-refractivity contribution is 5.68. The first kappa shape index (κ1) is 25.6. The summed E-state index contributed by atoms with van der Waals surface area (Å²) < 4.78 is 11.5. The third-order valence-corrected chi connectivity index (χ3v) is 6.91. The summed E-state index contributed by atoms with van der Waals surface area (Å²) in [6, 6.07) is 8.56. The maximum Gasteiger partial charge on any atom is 0.164 e. The molecule has 1 unspecified atom stereocenters. The van der Waals surface area contributed by atoms with E-state index < -0.39 is 6.10 Å². The van der Waals surface area contributed by atoms with E-state index in [9.17, 15) is 5.11 Å². The fourth-order valence-corrected chi connectivity index (χ4v) is 4.86. The van der Waals surface area contributed by atoms with Crippen LogP contribution in [0.1, 0.15) is 25.3 Å². The van der Waals surface area contributed by atoms with Crippen LogP contribution in [0.2, 0.25) is 0 Å². The van der Waals surface area contributed by atoms with Crippen LogP contribution < -0.4 is 25.2 Å². The van der Waals surface area contributed by atoms with Gasteiger partial charge in [-0.2, -0.15) is 0 Å². The summed E-state index contributed by atoms with van der Waals surface area (Å²) in [5, 5.41) is 16.5. The van der Waals surface area contributed by atoms with Gasteiger partial charge in [-0.15, -0.1) is 0 Å². The normalized spacial score (nSPS) is 20.0. The number of aliphatic hydroxyl groups is 1. The van der Waals surface area contributed by atoms with Crippen LogP contribution in [0.3, 0.4) is 0 Å². The Kier molecular flexibility index (Phi) is 8.78. The van der Waals surface area contributed by atoms with Gasteiger partial charge in [0.1, 0.15) is 30.1 Å². The van der Waals surface area contributed by atoms with Crippen molar-refractivity contribution in [1.29, 1.82) is 0 Å². The predicted octanol–water partition coefficient (Wildman–Crippen LogP) is 1.82. The molecule has 2 fully saturated rings. The average molecular weight is 485 g/mol. The van der Waals surface area contributed by atoms with Gasteiger partial charge in [0, 0.05) is 69.7 Å². The molecule has 9 nitrogen and oxygen atoms in total. The van der Waals surface area contributed by atoms with Gasteiger partial charge in [0.2, 0.25) is 0 Å². The molecule has 2 saturated heterocycles. The van der Waals surface area contributed by atoms with E-state index in [-0.39, 0.29) is 6.61 Å². The maximum atomic E-state index is 10.0. The molecule has 0 amide bonds. The molecule has 3 N–H and O–H groups in total. The Morgan fingerprint density at radius 2 is 2.11 bits per heavy atom. The molecule has 0 radical (unpaired) electrons. The zero-order valence-corrected chi connectivity index (χ0v) is 21.5. The van der Waals surface area contributed by atoms with Gasteiger partial charge >= 0.3 is 0 Å². The molecule has 0 aliphatic carbocycles. The number of nitrogens with zero attached hydrogens (tertiary/aromatic N) is 4. The first-order valence-electron chi connectivity index (χ1n) is 12.7. The molecule has 3 heterocycles. The molecule has 2 aliphatic rings. The summed E-state index contributed by atoms with van der Waals surface area (Å²) in [5.41, 5.74) is 2.01. The van der Waals surface area contributed by atoms with Gasteiger partial charge < -0.3 is 35.0 Å². The van der Waals surface area contributed by atoms with E-state index in [0.717, 1.165) is 68.5 Å². The number of aliphatic hydroxyl groups excluding tert-OH is 1. The van der Waals surface area contributed by atoms with Gasteiger partial charge in [0.15, 0.2) is 5.82 Å². The van der Waals surface area contributed by atoms with Crippen LogP contribution >= 0.6 is 0 Å². The second-order valence-electron chi connectivity index (χ2n) is 9.57. The molecule has 35 heavy (non-hydrogen) atoms. The molecule has 0 spiro atoms. The minimum Gasteiger partial charge on any atom is -0.491 e. The van der Waals surface area contributed by atoms with Crippen molar-refractivity contribution < 1.29 is 14.6 Å². The van der Waals surface area contributed by atoms with Crippen LogP contribution in [0.25, 0.3) is 11.4 Å². The molecule has 1 aromatic carbocycles. The molecule has 1 aromatic heterocycles. The van der Waals surface area contributed by atoms with Crippen molar-refractivity contribution in [3.05, 3.63) is 29.8 Å². The fourth-order valence-electron chi connectivity index (χ4n) is 4.86. The summed E-state index contributed by atoms with van der Waals surface area (Å²) in [4.78, 5) is 14.9. The Labute approximate surface area is 208 Å². The van der Waals surface area contributed by atoms with Gasteiger partial charge in [-0.05, 0) is 45.9 Å². The monoisotopic (exact) mass is 484 g/mol. The molecular weight excluding hydrogens is 444 g/mol. The van der Waals surface area contributed by atoms with E-state index >= 15 is 0 Å². The number of hydrogen-bond donors (Lipinski definition) is 3. The number of aromatic nitrogens is 2. The van der Waals surface area contributed by atoms with E-state index in [1.807, 2.05) is 31.3 Å². The van der Waals surface area contributed by atoms with Crippen LogP contribution in [0.5, 0.6) is 5.75 Å². The quantitative estimate of drug-likeness (QED) is 0.493. The smallest absolute Gasteiger partial charge is 0.164 e. The fraction of sp³-hybridized carbons (Fsp3) is 0.615. The van der Waals surface area contributed by atoms with Gasteiger partial charge in [0.25, 0.3) is 0 Å². The van der Waals surface area contributed by atoms with Crippen LogP contribution in [0.15, 0.2) is 24.3 Å². The van der Waals surface area contributed by atoms with Crippen molar-refractivity contribution in [1.82, 2.24) is 20.6 Å². The summed E-state index contributed by atoms with van der Waals surface area (Å²) in [7, 11) is 3.95. The summed E-state index contributed by atoms with van der Waals surface area (Å²) in [6.45, 7) is 9.43. The Morgan fingerprint density at radius 1 is 1.31 bits per heavy atom. The van der Waals surface area contributed by atoms with Crippen molar-refractivity contribution in [3.8, 4) is 17.1 Å². The molecule has 2 aromatic rings. The molecule has 2 aliphatic heterocycles. The predicted molar refractivity (Wildman–Crippen MR) is 140 cm³/mol. The topological polar surface area (TPSA) is 95.0 Å². The zero-order valence-electron chi connectivity index (χ0n) is 21.5. The Balaban J connectivity index is 1.69. The standard InChI is InChI=1S/C26H40N6O3/c1-18-15-28-10-11-32(18)26-19(2)25(31(4)21-8-12-34-13-9-21)29-24(30-26)20-6-5-7-23(14-20)35-17-22(33)16-27-3/h5-7,14,18,21-22,27-28,33H,8-13,15-17H2,1-4H3/t18-,22?/m0/s1. The van der Waals surface area contributed by atoms with Gasteiger partial charge in [-0.1, -0.05) is 12.1 Å². The van der Waals surface area contributed by atoms with Crippen molar-refractivity contribution >= 4 is 11.6 Å². The molecule has 0 saturated carbocycles. The number of piperazine rings is 1. The molecule has 192 valence electrons. The Bertz CT molecular complexity index is 968. The van der Waals surface area contributed by atoms with E-state index in [1.54, 1.807) is 0 Å². The summed E-state index contributed by atoms with van der Waals surface area (Å²) in [5.74, 6) is 3.34. The number of benzene rings is 1. The minimum atomic E-state index is -0.570. The highest BCUT2D eigenvalue weighted by Crippen LogP contribution is 2.33. The number of hydrogen-bond acceptors (Lipinski definition) is 9. The van der Waals surface area contributed by atoms with E-state index in [0.29, 0.717) is 30.2 Å². The lowest BCUT2D eigenvalue weighted by molar-refractivity contribution is 0.0853. The third-order valence-electron chi connectivity index (χ3n) is 6.91. The van der Waals surface area contributed by atoms with E-state index in [1.165, 1.54) is 0 Å². The summed E-state index contributed by atoms with van der Waals surface area (Å²) >= 11 is 0. The molecular formula is C26H40N6O3. The van der Waals surface area contributed by atoms with Gasteiger partial charge in [-0.25, -0.2) is 9.97 Å². The highest BCUT2D eigenvalue weighted by Gasteiger charge is 2.27. The Hall–Kier alpha value is -2.46. The number of nitrogens with one attached hydrogen (secondary N) is 2. The van der Waals surface area contributed by atoms with Crippen LogP contribution in [0, 0.1) is 6.92 Å². The molecule has 4 rings (SSSR count). The van der Waals surface area contributed by atoms with Crippen LogP contribution in [-0.2, 0) is 4.74 Å². The highest BCUT2D eigenvalue weighted by atomic mass is 16.5. The number of likely N-dealkylation sites (N-methyl/N-ethyl adjacent to an activating group) is 1. The molecule has 9 heteroatoms. The van der Waals surface area contributed by atoms with Gasteiger partial charge in [0.05, 0.1) is 0 Å². The first-order chi connectivity index (χ1) is 17.0. The second kappa shape index (κ2) is 12.0. The zero-order chi connectivity index (χ0) is 24.8. The van der Waals surface area contributed by atoms with Crippen molar-refractivity contribution in [3.63, 3.8) is 0 Å². The minimum absolute atomic E-state index is 0.223. The van der Waals surface area contributed by atoms with Crippen LogP contribution in [-0.4, -0.2) is 93.4 Å². The average Bonchev–Trinajstić information content (AvgIpc) is 2.88. The lowest BCUT2D eigenvalue weighted by atomic mass is 10.1. The molecule has 2 atom stereocenters. The number of ether oxygens (including phenoxy) is 2.